The molecular weight excluding hydrogens is 272 g/mol. The van der Waals surface area contributed by atoms with E-state index in [9.17, 15) is 4.79 Å². The van der Waals surface area contributed by atoms with Crippen molar-refractivity contribution in [3.8, 4) is 0 Å². The van der Waals surface area contributed by atoms with Gasteiger partial charge in [0.2, 0.25) is 5.91 Å². The molecule has 1 amide bonds. The summed E-state index contributed by atoms with van der Waals surface area (Å²) in [5.41, 5.74) is 1.11. The van der Waals surface area contributed by atoms with Gasteiger partial charge in [0, 0.05) is 44.5 Å². The fraction of sp³-hybridized carbons (Fsp3) is 0.714. The lowest BCUT2D eigenvalue weighted by Gasteiger charge is -2.32. The highest BCUT2D eigenvalue weighted by Crippen LogP contribution is 2.11. The molecule has 0 saturated carbocycles. The summed E-state index contributed by atoms with van der Waals surface area (Å²) in [6, 6.07) is 0.429. The fourth-order valence-corrected chi connectivity index (χ4v) is 2.53. The number of hydrogen-bond donors (Lipinski definition) is 2. The Hall–Kier alpha value is -1.44. The van der Waals surface area contributed by atoms with Crippen LogP contribution in [0.5, 0.6) is 0 Å². The molecular formula is C14H24N4O3. The number of ether oxygens (including phenoxy) is 1. The lowest BCUT2D eigenvalue weighted by molar-refractivity contribution is -0.136. The number of aromatic nitrogens is 2. The Morgan fingerprint density at radius 1 is 1.52 bits per heavy atom. The maximum Gasteiger partial charge on any atom is 0.248 e. The number of piperidine rings is 1. The number of rotatable bonds is 7. The molecule has 1 aromatic rings. The van der Waals surface area contributed by atoms with E-state index in [1.807, 2.05) is 17.3 Å². The van der Waals surface area contributed by atoms with Gasteiger partial charge in [0.25, 0.3) is 0 Å². The molecule has 7 heteroatoms. The van der Waals surface area contributed by atoms with Crippen LogP contribution in [-0.2, 0) is 22.6 Å². The Kier molecular flexibility index (Phi) is 6.16. The lowest BCUT2D eigenvalue weighted by Crippen LogP contribution is -2.45. The summed E-state index contributed by atoms with van der Waals surface area (Å²) >= 11 is 0. The smallest absolute Gasteiger partial charge is 0.248 e. The van der Waals surface area contributed by atoms with Crippen molar-refractivity contribution in [1.29, 1.82) is 0 Å². The first-order valence-electron chi connectivity index (χ1n) is 7.35. The van der Waals surface area contributed by atoms with Crippen LogP contribution in [0.3, 0.4) is 0 Å². The van der Waals surface area contributed by atoms with Gasteiger partial charge >= 0.3 is 0 Å². The van der Waals surface area contributed by atoms with E-state index in [1.165, 1.54) is 0 Å². The van der Waals surface area contributed by atoms with Gasteiger partial charge in [-0.25, -0.2) is 0 Å². The van der Waals surface area contributed by atoms with E-state index < -0.39 is 0 Å². The maximum atomic E-state index is 11.7. The summed E-state index contributed by atoms with van der Waals surface area (Å²) < 4.78 is 6.62. The molecule has 0 atom stereocenters. The fourth-order valence-electron chi connectivity index (χ4n) is 2.53. The Balaban J connectivity index is 1.69. The van der Waals surface area contributed by atoms with E-state index in [0.717, 1.165) is 38.0 Å². The predicted molar refractivity (Wildman–Crippen MR) is 77.6 cm³/mol. The highest BCUT2D eigenvalue weighted by Gasteiger charge is 2.22. The quantitative estimate of drug-likeness (QED) is 0.716. The first-order chi connectivity index (χ1) is 10.2. The van der Waals surface area contributed by atoms with Gasteiger partial charge in [0.05, 0.1) is 19.3 Å². The highest BCUT2D eigenvalue weighted by molar-refractivity contribution is 5.77. The third-order valence-electron chi connectivity index (χ3n) is 3.73. The third kappa shape index (κ3) is 4.80. The van der Waals surface area contributed by atoms with E-state index in [4.69, 9.17) is 9.84 Å². The van der Waals surface area contributed by atoms with Crippen molar-refractivity contribution in [2.75, 3.05) is 33.4 Å². The number of carbonyl (C=O) groups excluding carboxylic acids is 1. The molecule has 0 unspecified atom stereocenters. The summed E-state index contributed by atoms with van der Waals surface area (Å²) in [6.45, 7) is 3.13. The van der Waals surface area contributed by atoms with Crippen LogP contribution in [-0.4, -0.2) is 65.1 Å². The SMILES string of the molecule is COCC(=O)N1CCC(NCc2cnn(CCO)c2)CC1. The second kappa shape index (κ2) is 8.11. The molecule has 2 N–H and O–H groups in total. The summed E-state index contributed by atoms with van der Waals surface area (Å²) in [7, 11) is 1.54. The van der Waals surface area contributed by atoms with Crippen molar-refractivity contribution in [2.45, 2.75) is 32.0 Å². The molecule has 1 aromatic heterocycles. The number of aliphatic hydroxyl groups is 1. The molecule has 118 valence electrons. The van der Waals surface area contributed by atoms with Crippen LogP contribution in [0.15, 0.2) is 12.4 Å². The van der Waals surface area contributed by atoms with Crippen molar-refractivity contribution in [2.24, 2.45) is 0 Å². The molecule has 0 aromatic carbocycles. The Morgan fingerprint density at radius 2 is 2.29 bits per heavy atom. The van der Waals surface area contributed by atoms with Gasteiger partial charge in [-0.3, -0.25) is 9.48 Å². The van der Waals surface area contributed by atoms with Crippen LogP contribution < -0.4 is 5.32 Å². The number of nitrogens with one attached hydrogen (secondary N) is 1. The molecule has 0 bridgehead atoms. The topological polar surface area (TPSA) is 79.6 Å². The molecule has 2 rings (SSSR count). The summed E-state index contributed by atoms with van der Waals surface area (Å²) in [4.78, 5) is 13.6. The van der Waals surface area contributed by atoms with E-state index in [2.05, 4.69) is 10.4 Å². The Labute approximate surface area is 124 Å². The largest absolute Gasteiger partial charge is 0.394 e. The van der Waals surface area contributed by atoms with Crippen molar-refractivity contribution >= 4 is 5.91 Å². The van der Waals surface area contributed by atoms with Crippen LogP contribution in [0, 0.1) is 0 Å². The van der Waals surface area contributed by atoms with E-state index in [1.54, 1.807) is 11.8 Å². The highest BCUT2D eigenvalue weighted by atomic mass is 16.5. The lowest BCUT2D eigenvalue weighted by atomic mass is 10.0. The molecule has 21 heavy (non-hydrogen) atoms. The number of amides is 1. The summed E-state index contributed by atoms with van der Waals surface area (Å²) in [5, 5.41) is 16.5. The minimum atomic E-state index is 0.0706. The number of aliphatic hydroxyl groups excluding tert-OH is 1. The van der Waals surface area contributed by atoms with E-state index in [-0.39, 0.29) is 19.1 Å². The van der Waals surface area contributed by atoms with Gasteiger partial charge in [-0.2, -0.15) is 5.10 Å². The first-order valence-corrected chi connectivity index (χ1v) is 7.35. The predicted octanol–water partition coefficient (Wildman–Crippen LogP) is -0.398. The van der Waals surface area contributed by atoms with Crippen molar-refractivity contribution in [3.63, 3.8) is 0 Å². The molecule has 2 heterocycles. The number of nitrogens with zero attached hydrogens (tertiary/aromatic N) is 3. The summed E-state index contributed by atoms with van der Waals surface area (Å²) in [5.74, 6) is 0.0706. The molecule has 0 radical (unpaired) electrons. The van der Waals surface area contributed by atoms with Crippen molar-refractivity contribution < 1.29 is 14.6 Å². The molecule has 1 fully saturated rings. The number of hydrogen-bond acceptors (Lipinski definition) is 5. The van der Waals surface area contributed by atoms with Crippen LogP contribution in [0.25, 0.3) is 0 Å². The second-order valence-electron chi connectivity index (χ2n) is 5.30. The third-order valence-corrected chi connectivity index (χ3v) is 3.73. The molecule has 7 nitrogen and oxygen atoms in total. The van der Waals surface area contributed by atoms with E-state index >= 15 is 0 Å². The monoisotopic (exact) mass is 296 g/mol. The molecule has 1 saturated heterocycles. The minimum absolute atomic E-state index is 0.0706. The van der Waals surface area contributed by atoms with Gasteiger partial charge < -0.3 is 20.1 Å². The zero-order valence-electron chi connectivity index (χ0n) is 12.5. The Morgan fingerprint density at radius 3 is 2.95 bits per heavy atom. The summed E-state index contributed by atoms with van der Waals surface area (Å²) in [6.07, 6.45) is 5.68. The standard InChI is InChI=1S/C14H24N4O3/c1-21-11-14(20)17-4-2-13(3-5-17)15-8-12-9-16-18(10-12)6-7-19/h9-10,13,15,19H,2-8,11H2,1H3. The van der Waals surface area contributed by atoms with Gasteiger partial charge in [-0.15, -0.1) is 0 Å². The molecule has 1 aliphatic heterocycles. The van der Waals surface area contributed by atoms with Crippen LogP contribution in [0.1, 0.15) is 18.4 Å². The molecule has 1 aliphatic rings. The average molecular weight is 296 g/mol. The number of carbonyl (C=O) groups is 1. The Bertz CT molecular complexity index is 441. The van der Waals surface area contributed by atoms with Gasteiger partial charge in [-0.1, -0.05) is 0 Å². The van der Waals surface area contributed by atoms with Crippen LogP contribution in [0.2, 0.25) is 0 Å². The van der Waals surface area contributed by atoms with E-state index in [0.29, 0.717) is 12.6 Å². The van der Waals surface area contributed by atoms with Gasteiger partial charge in [-0.05, 0) is 12.8 Å². The van der Waals surface area contributed by atoms with Gasteiger partial charge in [0.1, 0.15) is 6.61 Å². The number of methoxy groups -OCH3 is 1. The average Bonchev–Trinajstić information content (AvgIpc) is 2.94. The normalized spacial score (nSPS) is 16.4. The van der Waals surface area contributed by atoms with Crippen LogP contribution >= 0.6 is 0 Å². The molecule has 0 spiro atoms. The zero-order chi connectivity index (χ0) is 15.1. The number of likely N-dealkylation sites (tertiary alicyclic amines) is 1. The first kappa shape index (κ1) is 15.9. The minimum Gasteiger partial charge on any atom is -0.394 e. The maximum absolute atomic E-state index is 11.7. The molecule has 0 aliphatic carbocycles. The van der Waals surface area contributed by atoms with Crippen molar-refractivity contribution in [1.82, 2.24) is 20.0 Å². The zero-order valence-corrected chi connectivity index (χ0v) is 12.5. The second-order valence-corrected chi connectivity index (χ2v) is 5.30. The van der Waals surface area contributed by atoms with Crippen LogP contribution in [0.4, 0.5) is 0 Å². The van der Waals surface area contributed by atoms with Crippen molar-refractivity contribution in [3.05, 3.63) is 18.0 Å². The van der Waals surface area contributed by atoms with Gasteiger partial charge in [0.15, 0.2) is 0 Å².